The fourth-order valence-electron chi connectivity index (χ4n) is 3.38. The zero-order valence-corrected chi connectivity index (χ0v) is 13.7. The number of likely N-dealkylation sites (tertiary alicyclic amines) is 1. The van der Waals surface area contributed by atoms with Crippen LogP contribution in [-0.4, -0.2) is 28.4 Å². The fraction of sp³-hybridized carbons (Fsp3) is 0.474. The monoisotopic (exact) mass is 312 g/mol. The molecule has 1 aromatic heterocycles. The van der Waals surface area contributed by atoms with Gasteiger partial charge in [0.05, 0.1) is 0 Å². The summed E-state index contributed by atoms with van der Waals surface area (Å²) in [5.41, 5.74) is 1.83. The Balaban J connectivity index is 1.70. The zero-order chi connectivity index (χ0) is 16.1. The van der Waals surface area contributed by atoms with Gasteiger partial charge in [-0.1, -0.05) is 37.3 Å². The van der Waals surface area contributed by atoms with Crippen LogP contribution < -0.4 is 0 Å². The summed E-state index contributed by atoms with van der Waals surface area (Å²) in [5.74, 6) is 0.732. The standard InChI is InChI=1S/C19H24N2O2/c1-2-17-18(20-14-23-17)19(22)21-13-7-6-10-16(21)12-11-15-8-4-3-5-9-15/h3-5,8-9,14,16H,2,6-7,10-13H2,1H3/t16-/m1/s1. The van der Waals surface area contributed by atoms with Gasteiger partial charge in [-0.05, 0) is 37.7 Å². The Morgan fingerprint density at radius 2 is 2.13 bits per heavy atom. The van der Waals surface area contributed by atoms with Crippen LogP contribution in [0.2, 0.25) is 0 Å². The number of nitrogens with zero attached hydrogens (tertiary/aromatic N) is 2. The number of aromatic nitrogens is 1. The molecule has 4 heteroatoms. The van der Waals surface area contributed by atoms with Gasteiger partial charge < -0.3 is 9.32 Å². The molecule has 23 heavy (non-hydrogen) atoms. The molecule has 2 aromatic rings. The third kappa shape index (κ3) is 3.63. The first-order valence-corrected chi connectivity index (χ1v) is 8.57. The molecule has 1 atom stereocenters. The van der Waals surface area contributed by atoms with Crippen molar-refractivity contribution in [3.05, 3.63) is 53.7 Å². The first kappa shape index (κ1) is 15.8. The lowest BCUT2D eigenvalue weighted by Gasteiger charge is -2.35. The average Bonchev–Trinajstić information content (AvgIpc) is 3.09. The number of oxazole rings is 1. The molecule has 0 unspecified atom stereocenters. The van der Waals surface area contributed by atoms with Crippen molar-refractivity contribution < 1.29 is 9.21 Å². The average molecular weight is 312 g/mol. The van der Waals surface area contributed by atoms with Crippen LogP contribution in [0, 0.1) is 0 Å². The highest BCUT2D eigenvalue weighted by Gasteiger charge is 2.30. The van der Waals surface area contributed by atoms with E-state index in [4.69, 9.17) is 4.42 Å². The molecule has 1 amide bonds. The van der Waals surface area contributed by atoms with Gasteiger partial charge in [-0.3, -0.25) is 4.79 Å². The van der Waals surface area contributed by atoms with E-state index in [9.17, 15) is 4.79 Å². The van der Waals surface area contributed by atoms with Crippen LogP contribution >= 0.6 is 0 Å². The van der Waals surface area contributed by atoms with Crippen LogP contribution in [0.5, 0.6) is 0 Å². The number of amides is 1. The third-order valence-electron chi connectivity index (χ3n) is 4.66. The highest BCUT2D eigenvalue weighted by molar-refractivity contribution is 5.93. The lowest BCUT2D eigenvalue weighted by Crippen LogP contribution is -2.44. The van der Waals surface area contributed by atoms with E-state index < -0.39 is 0 Å². The highest BCUT2D eigenvalue weighted by atomic mass is 16.3. The number of aryl methyl sites for hydroxylation is 2. The van der Waals surface area contributed by atoms with Gasteiger partial charge in [-0.25, -0.2) is 4.98 Å². The molecular formula is C19H24N2O2. The van der Waals surface area contributed by atoms with E-state index in [1.165, 1.54) is 18.4 Å². The Labute approximate surface area is 137 Å². The number of carbonyl (C=O) groups is 1. The Morgan fingerprint density at radius 1 is 1.30 bits per heavy atom. The van der Waals surface area contributed by atoms with E-state index >= 15 is 0 Å². The number of hydrogen-bond donors (Lipinski definition) is 0. The second-order valence-corrected chi connectivity index (χ2v) is 6.15. The summed E-state index contributed by atoms with van der Waals surface area (Å²) in [7, 11) is 0. The molecule has 1 fully saturated rings. The van der Waals surface area contributed by atoms with Gasteiger partial charge >= 0.3 is 0 Å². The summed E-state index contributed by atoms with van der Waals surface area (Å²) in [4.78, 5) is 19.0. The highest BCUT2D eigenvalue weighted by Crippen LogP contribution is 2.24. The van der Waals surface area contributed by atoms with Crippen molar-refractivity contribution in [1.29, 1.82) is 0 Å². The van der Waals surface area contributed by atoms with Crippen LogP contribution in [0.3, 0.4) is 0 Å². The molecule has 0 spiro atoms. The van der Waals surface area contributed by atoms with Gasteiger partial charge in [0.1, 0.15) is 5.76 Å². The van der Waals surface area contributed by atoms with Crippen LogP contribution in [0.4, 0.5) is 0 Å². The molecule has 0 saturated carbocycles. The first-order chi connectivity index (χ1) is 11.3. The molecule has 2 heterocycles. The van der Waals surface area contributed by atoms with Crippen LogP contribution in [-0.2, 0) is 12.8 Å². The van der Waals surface area contributed by atoms with E-state index in [-0.39, 0.29) is 5.91 Å². The van der Waals surface area contributed by atoms with E-state index in [1.807, 2.05) is 17.9 Å². The minimum atomic E-state index is 0.0355. The smallest absolute Gasteiger partial charge is 0.276 e. The predicted octanol–water partition coefficient (Wildman–Crippen LogP) is 3.86. The molecular weight excluding hydrogens is 288 g/mol. The maximum Gasteiger partial charge on any atom is 0.276 e. The van der Waals surface area contributed by atoms with Crippen molar-refractivity contribution in [2.45, 2.75) is 51.5 Å². The van der Waals surface area contributed by atoms with Gasteiger partial charge in [0.2, 0.25) is 0 Å². The van der Waals surface area contributed by atoms with Gasteiger partial charge in [0, 0.05) is 19.0 Å². The van der Waals surface area contributed by atoms with E-state index in [0.29, 0.717) is 23.9 Å². The summed E-state index contributed by atoms with van der Waals surface area (Å²) >= 11 is 0. The number of benzene rings is 1. The second-order valence-electron chi connectivity index (χ2n) is 6.15. The molecule has 122 valence electrons. The minimum Gasteiger partial charge on any atom is -0.448 e. The predicted molar refractivity (Wildman–Crippen MR) is 89.3 cm³/mol. The molecule has 1 aliphatic rings. The first-order valence-electron chi connectivity index (χ1n) is 8.57. The van der Waals surface area contributed by atoms with E-state index in [2.05, 4.69) is 29.2 Å². The molecule has 0 aliphatic carbocycles. The lowest BCUT2D eigenvalue weighted by atomic mass is 9.95. The number of rotatable bonds is 5. The maximum atomic E-state index is 12.9. The summed E-state index contributed by atoms with van der Waals surface area (Å²) in [5, 5.41) is 0. The van der Waals surface area contributed by atoms with Crippen molar-refractivity contribution in [3.63, 3.8) is 0 Å². The molecule has 0 radical (unpaired) electrons. The Kier molecular flexibility index (Phi) is 5.11. The van der Waals surface area contributed by atoms with Gasteiger partial charge in [0.25, 0.3) is 5.91 Å². The summed E-state index contributed by atoms with van der Waals surface area (Å²) in [6.07, 6.45) is 7.45. The molecule has 1 aliphatic heterocycles. The van der Waals surface area contributed by atoms with Crippen molar-refractivity contribution in [2.24, 2.45) is 0 Å². The molecule has 3 rings (SSSR count). The lowest BCUT2D eigenvalue weighted by molar-refractivity contribution is 0.0594. The van der Waals surface area contributed by atoms with Crippen LogP contribution in [0.15, 0.2) is 41.1 Å². The summed E-state index contributed by atoms with van der Waals surface area (Å²) in [6, 6.07) is 10.8. The largest absolute Gasteiger partial charge is 0.448 e. The zero-order valence-electron chi connectivity index (χ0n) is 13.7. The fourth-order valence-corrected chi connectivity index (χ4v) is 3.38. The van der Waals surface area contributed by atoms with E-state index in [0.717, 1.165) is 32.2 Å². The van der Waals surface area contributed by atoms with Crippen molar-refractivity contribution in [3.8, 4) is 0 Å². The van der Waals surface area contributed by atoms with Crippen molar-refractivity contribution in [1.82, 2.24) is 9.88 Å². The quantitative estimate of drug-likeness (QED) is 0.842. The van der Waals surface area contributed by atoms with Gasteiger partial charge in [-0.2, -0.15) is 0 Å². The Hall–Kier alpha value is -2.10. The minimum absolute atomic E-state index is 0.0355. The van der Waals surface area contributed by atoms with Crippen molar-refractivity contribution >= 4 is 5.91 Å². The maximum absolute atomic E-state index is 12.9. The molecule has 4 nitrogen and oxygen atoms in total. The molecule has 1 aromatic carbocycles. The third-order valence-corrected chi connectivity index (χ3v) is 4.66. The number of hydrogen-bond acceptors (Lipinski definition) is 3. The molecule has 0 bridgehead atoms. The topological polar surface area (TPSA) is 46.3 Å². The Bertz CT molecular complexity index is 636. The van der Waals surface area contributed by atoms with Gasteiger partial charge in [0.15, 0.2) is 12.1 Å². The molecule has 0 N–H and O–H groups in total. The van der Waals surface area contributed by atoms with Crippen LogP contribution in [0.1, 0.15) is 54.4 Å². The van der Waals surface area contributed by atoms with Crippen molar-refractivity contribution in [2.75, 3.05) is 6.54 Å². The second kappa shape index (κ2) is 7.44. The van der Waals surface area contributed by atoms with E-state index in [1.54, 1.807) is 0 Å². The normalized spacial score (nSPS) is 18.1. The number of piperidine rings is 1. The SMILES string of the molecule is CCc1ocnc1C(=O)N1CCCC[C@@H]1CCc1ccccc1. The summed E-state index contributed by atoms with van der Waals surface area (Å²) in [6.45, 7) is 2.81. The van der Waals surface area contributed by atoms with Gasteiger partial charge in [-0.15, -0.1) is 0 Å². The summed E-state index contributed by atoms with van der Waals surface area (Å²) < 4.78 is 5.33. The molecule has 1 saturated heterocycles. The Morgan fingerprint density at radius 3 is 2.91 bits per heavy atom. The number of carbonyl (C=O) groups excluding carboxylic acids is 1. The van der Waals surface area contributed by atoms with Crippen LogP contribution in [0.25, 0.3) is 0 Å².